The van der Waals surface area contributed by atoms with Crippen molar-refractivity contribution >= 4 is 29.3 Å². The second-order valence-electron chi connectivity index (χ2n) is 7.82. The third kappa shape index (κ3) is 5.87. The number of halogens is 1. The van der Waals surface area contributed by atoms with Crippen molar-refractivity contribution in [1.82, 2.24) is 15.2 Å². The number of aromatic carboxylic acids is 1. The summed E-state index contributed by atoms with van der Waals surface area (Å²) < 4.78 is 5.60. The molecule has 1 fully saturated rings. The van der Waals surface area contributed by atoms with Crippen LogP contribution in [-0.2, 0) is 11.2 Å². The van der Waals surface area contributed by atoms with Gasteiger partial charge in [0.1, 0.15) is 11.4 Å². The van der Waals surface area contributed by atoms with Crippen LogP contribution >= 0.6 is 11.6 Å². The summed E-state index contributed by atoms with van der Waals surface area (Å²) in [5.41, 5.74) is 6.25. The van der Waals surface area contributed by atoms with Crippen LogP contribution in [0.4, 0.5) is 5.82 Å². The Bertz CT molecular complexity index is 1020. The summed E-state index contributed by atoms with van der Waals surface area (Å²) >= 11 is 5.93. The fourth-order valence-corrected chi connectivity index (χ4v) is 4.00. The molecule has 0 unspecified atom stereocenters. The SMILES string of the molecule is CO[C@H]1CN(CCCc2ccc(C(=O)O)cc2)CC[C@H]1NC(=O)c1cc(Cl)c(N)[nH]c1=O. The number of carbonyl (C=O) groups is 2. The highest BCUT2D eigenvalue weighted by Crippen LogP contribution is 2.17. The molecule has 1 aromatic carbocycles. The third-order valence-corrected chi connectivity index (χ3v) is 5.98. The Morgan fingerprint density at radius 1 is 1.34 bits per heavy atom. The molecule has 1 aliphatic heterocycles. The van der Waals surface area contributed by atoms with E-state index in [1.165, 1.54) is 6.07 Å². The number of hydrogen-bond donors (Lipinski definition) is 4. The quantitative estimate of drug-likeness (QED) is 0.469. The second kappa shape index (κ2) is 10.6. The number of H-pyrrole nitrogens is 1. The Labute approximate surface area is 190 Å². The minimum atomic E-state index is -0.929. The van der Waals surface area contributed by atoms with Gasteiger partial charge in [-0.05, 0) is 49.6 Å². The van der Waals surface area contributed by atoms with Crippen molar-refractivity contribution in [1.29, 1.82) is 0 Å². The molecule has 10 heteroatoms. The summed E-state index contributed by atoms with van der Waals surface area (Å²) in [7, 11) is 1.60. The lowest BCUT2D eigenvalue weighted by molar-refractivity contribution is 0.00617. The molecule has 9 nitrogen and oxygen atoms in total. The standard InChI is InChI=1S/C22H27ClN4O5/c1-32-18-12-27(9-2-3-13-4-6-14(7-5-13)22(30)31)10-8-17(18)25-20(28)15-11-16(23)19(24)26-21(15)29/h4-7,11,17-18H,2-3,8-10,12H2,1H3,(H,25,28)(H,30,31)(H3,24,26,29)/t17-,18+/m1/s1. The molecule has 2 aromatic rings. The number of carbonyl (C=O) groups excluding carboxylic acids is 1. The minimum Gasteiger partial charge on any atom is -0.478 e. The van der Waals surface area contributed by atoms with Crippen LogP contribution in [0.2, 0.25) is 5.02 Å². The van der Waals surface area contributed by atoms with Gasteiger partial charge in [0, 0.05) is 20.2 Å². The van der Waals surface area contributed by atoms with E-state index in [0.717, 1.165) is 31.5 Å². The van der Waals surface area contributed by atoms with Gasteiger partial charge in [-0.25, -0.2) is 4.79 Å². The molecule has 0 radical (unpaired) electrons. The molecule has 1 aromatic heterocycles. The van der Waals surface area contributed by atoms with E-state index in [9.17, 15) is 14.4 Å². The van der Waals surface area contributed by atoms with E-state index in [0.29, 0.717) is 13.0 Å². The summed E-state index contributed by atoms with van der Waals surface area (Å²) in [5.74, 6) is -1.42. The smallest absolute Gasteiger partial charge is 0.335 e. The zero-order chi connectivity index (χ0) is 23.3. The minimum absolute atomic E-state index is 0.0223. The number of likely N-dealkylation sites (tertiary alicyclic amines) is 1. The normalized spacial score (nSPS) is 18.9. The number of ether oxygens (including phenoxy) is 1. The molecular formula is C22H27ClN4O5. The van der Waals surface area contributed by atoms with Gasteiger partial charge in [-0.15, -0.1) is 0 Å². The Morgan fingerprint density at radius 3 is 2.72 bits per heavy atom. The summed E-state index contributed by atoms with van der Waals surface area (Å²) in [6, 6.07) is 7.95. The Kier molecular flexibility index (Phi) is 7.89. The van der Waals surface area contributed by atoms with Gasteiger partial charge in [-0.2, -0.15) is 0 Å². The van der Waals surface area contributed by atoms with Crippen LogP contribution in [0.5, 0.6) is 0 Å². The van der Waals surface area contributed by atoms with Crippen LogP contribution in [0.25, 0.3) is 0 Å². The van der Waals surface area contributed by atoms with E-state index < -0.39 is 17.4 Å². The lowest BCUT2D eigenvalue weighted by Gasteiger charge is -2.38. The maximum absolute atomic E-state index is 12.6. The molecule has 0 spiro atoms. The van der Waals surface area contributed by atoms with Gasteiger partial charge in [0.15, 0.2) is 0 Å². The van der Waals surface area contributed by atoms with E-state index in [-0.39, 0.29) is 34.1 Å². The van der Waals surface area contributed by atoms with E-state index in [4.69, 9.17) is 27.2 Å². The summed E-state index contributed by atoms with van der Waals surface area (Å²) in [6.07, 6.45) is 2.22. The van der Waals surface area contributed by atoms with Crippen molar-refractivity contribution in [2.24, 2.45) is 0 Å². The summed E-state index contributed by atoms with van der Waals surface area (Å²) in [4.78, 5) is 40.2. The van der Waals surface area contributed by atoms with Gasteiger partial charge in [0.2, 0.25) is 0 Å². The molecule has 3 rings (SSSR count). The third-order valence-electron chi connectivity index (χ3n) is 5.67. The number of carboxylic acid groups (broad SMARTS) is 1. The Morgan fingerprint density at radius 2 is 2.06 bits per heavy atom. The van der Waals surface area contributed by atoms with E-state index in [1.807, 2.05) is 12.1 Å². The molecule has 0 bridgehead atoms. The first kappa shape index (κ1) is 23.8. The molecule has 32 heavy (non-hydrogen) atoms. The molecule has 1 saturated heterocycles. The first-order chi connectivity index (χ1) is 15.3. The average Bonchev–Trinajstić information content (AvgIpc) is 2.77. The van der Waals surface area contributed by atoms with Crippen molar-refractivity contribution in [3.05, 3.63) is 62.4 Å². The molecule has 2 heterocycles. The molecule has 172 valence electrons. The van der Waals surface area contributed by atoms with E-state index in [2.05, 4.69) is 15.2 Å². The van der Waals surface area contributed by atoms with Crippen molar-refractivity contribution in [3.63, 3.8) is 0 Å². The number of aromatic amines is 1. The topological polar surface area (TPSA) is 138 Å². The van der Waals surface area contributed by atoms with Crippen molar-refractivity contribution in [2.45, 2.75) is 31.4 Å². The number of anilines is 1. The molecule has 1 amide bonds. The van der Waals surface area contributed by atoms with Gasteiger partial charge in [-0.3, -0.25) is 9.59 Å². The summed E-state index contributed by atoms with van der Waals surface area (Å²) in [5, 5.41) is 12.0. The number of aromatic nitrogens is 1. The number of pyridine rings is 1. The highest BCUT2D eigenvalue weighted by atomic mass is 35.5. The molecule has 1 aliphatic rings. The number of methoxy groups -OCH3 is 1. The first-order valence-electron chi connectivity index (χ1n) is 10.3. The number of amides is 1. The monoisotopic (exact) mass is 462 g/mol. The van der Waals surface area contributed by atoms with Crippen molar-refractivity contribution in [3.8, 4) is 0 Å². The van der Waals surface area contributed by atoms with Crippen molar-refractivity contribution < 1.29 is 19.4 Å². The molecular weight excluding hydrogens is 436 g/mol. The van der Waals surface area contributed by atoms with Crippen molar-refractivity contribution in [2.75, 3.05) is 32.5 Å². The highest BCUT2D eigenvalue weighted by Gasteiger charge is 2.31. The van der Waals surface area contributed by atoms with Crippen LogP contribution in [0.1, 0.15) is 39.1 Å². The number of benzene rings is 1. The zero-order valence-electron chi connectivity index (χ0n) is 17.8. The van der Waals surface area contributed by atoms with Gasteiger partial charge in [-0.1, -0.05) is 23.7 Å². The lowest BCUT2D eigenvalue weighted by Crippen LogP contribution is -2.55. The molecule has 0 saturated carbocycles. The first-order valence-corrected chi connectivity index (χ1v) is 10.7. The second-order valence-corrected chi connectivity index (χ2v) is 8.23. The van der Waals surface area contributed by atoms with E-state index in [1.54, 1.807) is 19.2 Å². The predicted molar refractivity (Wildman–Crippen MR) is 121 cm³/mol. The number of rotatable bonds is 8. The predicted octanol–water partition coefficient (Wildman–Crippen LogP) is 1.76. The number of carboxylic acids is 1. The fourth-order valence-electron chi connectivity index (χ4n) is 3.84. The number of nitrogen functional groups attached to an aromatic ring is 1. The Balaban J connectivity index is 1.51. The molecule has 5 N–H and O–H groups in total. The van der Waals surface area contributed by atoms with Gasteiger partial charge >= 0.3 is 5.97 Å². The number of nitrogens with zero attached hydrogens (tertiary/aromatic N) is 1. The Hall–Kier alpha value is -2.88. The van der Waals surface area contributed by atoms with Crippen LogP contribution in [0, 0.1) is 0 Å². The van der Waals surface area contributed by atoms with Crippen LogP contribution in [-0.4, -0.2) is 65.8 Å². The van der Waals surface area contributed by atoms with Gasteiger partial charge in [0.25, 0.3) is 11.5 Å². The number of piperidine rings is 1. The molecule has 0 aliphatic carbocycles. The summed E-state index contributed by atoms with van der Waals surface area (Å²) in [6.45, 7) is 2.29. The number of hydrogen-bond acceptors (Lipinski definition) is 6. The van der Waals surface area contributed by atoms with Gasteiger partial charge < -0.3 is 30.8 Å². The van der Waals surface area contributed by atoms with Crippen LogP contribution in [0.15, 0.2) is 35.1 Å². The fraction of sp³-hybridized carbons (Fsp3) is 0.409. The maximum atomic E-state index is 12.6. The average molecular weight is 463 g/mol. The number of nitrogens with one attached hydrogen (secondary N) is 2. The molecule has 2 atom stereocenters. The van der Waals surface area contributed by atoms with E-state index >= 15 is 0 Å². The maximum Gasteiger partial charge on any atom is 0.335 e. The zero-order valence-corrected chi connectivity index (χ0v) is 18.5. The van der Waals surface area contributed by atoms with Gasteiger partial charge in [0.05, 0.1) is 22.7 Å². The number of aryl methyl sites for hydroxylation is 1. The van der Waals surface area contributed by atoms with Crippen LogP contribution in [0.3, 0.4) is 0 Å². The largest absolute Gasteiger partial charge is 0.478 e. The van der Waals surface area contributed by atoms with Crippen LogP contribution < -0.4 is 16.6 Å². The highest BCUT2D eigenvalue weighted by molar-refractivity contribution is 6.33. The lowest BCUT2D eigenvalue weighted by atomic mass is 10.00. The number of nitrogens with two attached hydrogens (primary N) is 1.